The number of rotatable bonds is 40. The van der Waals surface area contributed by atoms with Crippen molar-refractivity contribution in [1.29, 1.82) is 0 Å². The highest BCUT2D eigenvalue weighted by molar-refractivity contribution is 5.85. The molecule has 0 rings (SSSR count). The molecule has 0 aromatic heterocycles. The van der Waals surface area contributed by atoms with Gasteiger partial charge in [-0.05, 0) is 12.8 Å². The molecule has 0 aromatic rings. The Kier molecular flexibility index (Phi) is 35.0. The predicted octanol–water partition coefficient (Wildman–Crippen LogP) is 10.8. The summed E-state index contributed by atoms with van der Waals surface area (Å²) in [6.07, 6.45) is 38.7. The first kappa shape index (κ1) is 48.2. The molecule has 0 aliphatic rings. The lowest BCUT2D eigenvalue weighted by molar-refractivity contribution is -0.940. The number of carbonyl (C=O) groups excluding carboxylic acids is 2. The van der Waals surface area contributed by atoms with Crippen LogP contribution in [-0.4, -0.2) is 76.9 Å². The highest BCUT2D eigenvalue weighted by atomic mass is 16.3. The van der Waals surface area contributed by atoms with Gasteiger partial charge in [0.2, 0.25) is 0 Å². The summed E-state index contributed by atoms with van der Waals surface area (Å²) >= 11 is 0. The fraction of sp³-hybridized carbons (Fsp3) is 0.953. The topological polar surface area (TPSA) is 94.8 Å². The molecule has 0 bridgehead atoms. The van der Waals surface area contributed by atoms with E-state index in [0.29, 0.717) is 12.8 Å². The number of likely N-dealkylation sites (N-methyl/N-ethyl adjacent to an activating group) is 1. The molecule has 49 heavy (non-hydrogen) atoms. The lowest BCUT2D eigenvalue weighted by Gasteiger charge is -2.44. The highest BCUT2D eigenvalue weighted by Gasteiger charge is 2.45. The van der Waals surface area contributed by atoms with E-state index >= 15 is 0 Å². The third-order valence-corrected chi connectivity index (χ3v) is 11.1. The molecule has 0 radical (unpaired) electrons. The number of aliphatic hydroxyl groups excluding tert-OH is 3. The van der Waals surface area contributed by atoms with Crippen LogP contribution >= 0.6 is 0 Å². The Labute approximate surface area is 305 Å². The summed E-state index contributed by atoms with van der Waals surface area (Å²) in [7, 11) is 1.76. The molecular formula is C43H86NO5+. The van der Waals surface area contributed by atoms with E-state index in [1.165, 1.54) is 154 Å². The molecule has 6 heteroatoms. The van der Waals surface area contributed by atoms with Gasteiger partial charge in [-0.2, -0.15) is 0 Å². The molecule has 0 aromatic carbocycles. The molecule has 0 fully saturated rings. The van der Waals surface area contributed by atoms with Gasteiger partial charge < -0.3 is 19.8 Å². The van der Waals surface area contributed by atoms with E-state index < -0.39 is 12.1 Å². The Morgan fingerprint density at radius 1 is 0.408 bits per heavy atom. The Hall–Kier alpha value is -0.820. The lowest BCUT2D eigenvalue weighted by atomic mass is 9.95. The first-order chi connectivity index (χ1) is 23.9. The van der Waals surface area contributed by atoms with Gasteiger partial charge in [-0.3, -0.25) is 9.59 Å². The minimum atomic E-state index is -0.805. The van der Waals surface area contributed by atoms with Gasteiger partial charge in [0.25, 0.3) is 0 Å². The van der Waals surface area contributed by atoms with Gasteiger partial charge in [-0.25, -0.2) is 0 Å². The molecule has 0 aliphatic heterocycles. The number of nitrogens with zero attached hydrogens (tertiary/aromatic N) is 1. The van der Waals surface area contributed by atoms with Crippen LogP contribution in [0.1, 0.15) is 219 Å². The van der Waals surface area contributed by atoms with E-state index in [1.807, 2.05) is 0 Å². The van der Waals surface area contributed by atoms with Crippen molar-refractivity contribution in [3.63, 3.8) is 0 Å². The van der Waals surface area contributed by atoms with Crippen molar-refractivity contribution in [1.82, 2.24) is 0 Å². The fourth-order valence-corrected chi connectivity index (χ4v) is 7.65. The van der Waals surface area contributed by atoms with Gasteiger partial charge in [-0.1, -0.05) is 194 Å². The van der Waals surface area contributed by atoms with Crippen LogP contribution in [0.5, 0.6) is 0 Å². The van der Waals surface area contributed by atoms with Gasteiger partial charge in [0.15, 0.2) is 23.7 Å². The van der Waals surface area contributed by atoms with Crippen LogP contribution in [0.4, 0.5) is 0 Å². The highest BCUT2D eigenvalue weighted by Crippen LogP contribution is 2.23. The maximum absolute atomic E-state index is 13.3. The van der Waals surface area contributed by atoms with E-state index in [1.54, 1.807) is 7.05 Å². The summed E-state index contributed by atoms with van der Waals surface area (Å²) in [5.74, 6) is -0.127. The normalized spacial score (nSPS) is 14.2. The zero-order valence-electron chi connectivity index (χ0n) is 33.2. The van der Waals surface area contributed by atoms with Gasteiger partial charge >= 0.3 is 0 Å². The van der Waals surface area contributed by atoms with Crippen molar-refractivity contribution < 1.29 is 29.4 Å². The Morgan fingerprint density at radius 2 is 0.633 bits per heavy atom. The van der Waals surface area contributed by atoms with Crippen LogP contribution in [0.15, 0.2) is 0 Å². The Bertz CT molecular complexity index is 675. The number of ketones is 2. The molecule has 3 N–H and O–H groups in total. The second kappa shape index (κ2) is 35.6. The summed E-state index contributed by atoms with van der Waals surface area (Å²) in [6, 6.07) is -1.61. The second-order valence-corrected chi connectivity index (χ2v) is 15.5. The average Bonchev–Trinajstić information content (AvgIpc) is 3.08. The first-order valence-corrected chi connectivity index (χ1v) is 21.7. The molecule has 292 valence electrons. The average molecular weight is 697 g/mol. The van der Waals surface area contributed by atoms with E-state index in [0.717, 1.165) is 38.5 Å². The van der Waals surface area contributed by atoms with Gasteiger partial charge in [0.1, 0.15) is 19.8 Å². The van der Waals surface area contributed by atoms with Crippen LogP contribution in [-0.2, 0) is 9.59 Å². The molecule has 0 saturated carbocycles. The second-order valence-electron chi connectivity index (χ2n) is 15.5. The number of Topliss-reactive ketones (excluding diaryl/α,β-unsaturated/α-hetero) is 2. The molecule has 0 amide bonds. The molecular weight excluding hydrogens is 610 g/mol. The number of aliphatic hydroxyl groups is 3. The molecule has 2 atom stereocenters. The summed E-state index contributed by atoms with van der Waals surface area (Å²) in [6.45, 7) is 3.73. The third-order valence-electron chi connectivity index (χ3n) is 11.1. The largest absolute Gasteiger partial charge is 0.391 e. The van der Waals surface area contributed by atoms with E-state index in [4.69, 9.17) is 0 Å². The standard InChI is InChI=1S/C43H86NO5/c1-4-6-8-10-12-14-16-18-20-22-24-26-28-30-32-34-42(48)40(38-46)44(3,36-37-45)41(39-47)43(49)35-33-31-29-27-25-23-21-19-17-15-13-11-9-7-5-2/h40-41,45-47H,4-39H2,1-3H3/q+1. The monoisotopic (exact) mass is 697 g/mol. The molecule has 0 heterocycles. The number of hydrogen-bond donors (Lipinski definition) is 3. The van der Waals surface area contributed by atoms with Gasteiger partial charge in [0.05, 0.1) is 13.7 Å². The molecule has 2 unspecified atom stereocenters. The fourth-order valence-electron chi connectivity index (χ4n) is 7.65. The quantitative estimate of drug-likeness (QED) is 0.0438. The lowest BCUT2D eigenvalue weighted by Crippen LogP contribution is -2.67. The summed E-state index contributed by atoms with van der Waals surface area (Å²) in [5.41, 5.74) is 0. The van der Waals surface area contributed by atoms with Crippen molar-refractivity contribution >= 4 is 11.6 Å². The molecule has 6 nitrogen and oxygen atoms in total. The van der Waals surface area contributed by atoms with Crippen LogP contribution < -0.4 is 0 Å². The Morgan fingerprint density at radius 3 is 0.837 bits per heavy atom. The van der Waals surface area contributed by atoms with Gasteiger partial charge in [-0.15, -0.1) is 0 Å². The number of hydrogen-bond acceptors (Lipinski definition) is 5. The zero-order valence-corrected chi connectivity index (χ0v) is 33.2. The maximum Gasteiger partial charge on any atom is 0.192 e. The zero-order chi connectivity index (χ0) is 36.3. The predicted molar refractivity (Wildman–Crippen MR) is 209 cm³/mol. The van der Waals surface area contributed by atoms with Crippen molar-refractivity contribution in [2.75, 3.05) is 33.4 Å². The summed E-state index contributed by atoms with van der Waals surface area (Å²) in [5, 5.41) is 30.5. The van der Waals surface area contributed by atoms with E-state index in [2.05, 4.69) is 13.8 Å². The minimum Gasteiger partial charge on any atom is -0.391 e. The van der Waals surface area contributed by atoms with Crippen LogP contribution in [0, 0.1) is 0 Å². The molecule has 0 saturated heterocycles. The van der Waals surface area contributed by atoms with E-state index in [-0.39, 0.29) is 42.4 Å². The van der Waals surface area contributed by atoms with Crippen molar-refractivity contribution in [3.05, 3.63) is 0 Å². The maximum atomic E-state index is 13.3. The van der Waals surface area contributed by atoms with Gasteiger partial charge in [0, 0.05) is 12.8 Å². The first-order valence-electron chi connectivity index (χ1n) is 21.7. The van der Waals surface area contributed by atoms with Crippen molar-refractivity contribution in [2.24, 2.45) is 0 Å². The minimum absolute atomic E-state index is 0.0635. The SMILES string of the molecule is CCCCCCCCCCCCCCCCCC(=O)C(CO)[N+](C)(CCO)C(CO)C(=O)CCCCCCCCCCCCCCCCC. The number of unbranched alkanes of at least 4 members (excludes halogenated alkanes) is 28. The summed E-state index contributed by atoms with van der Waals surface area (Å²) < 4.78 is -0.112. The number of quaternary nitrogens is 1. The van der Waals surface area contributed by atoms with Crippen molar-refractivity contribution in [2.45, 2.75) is 231 Å². The smallest absolute Gasteiger partial charge is 0.192 e. The number of carbonyl (C=O) groups is 2. The molecule has 0 spiro atoms. The Balaban J connectivity index is 4.27. The van der Waals surface area contributed by atoms with Crippen molar-refractivity contribution in [3.8, 4) is 0 Å². The third kappa shape index (κ3) is 25.7. The van der Waals surface area contributed by atoms with Crippen LogP contribution in [0.3, 0.4) is 0 Å². The summed E-state index contributed by atoms with van der Waals surface area (Å²) in [4.78, 5) is 26.7. The molecule has 0 aliphatic carbocycles. The van der Waals surface area contributed by atoms with Crippen LogP contribution in [0.2, 0.25) is 0 Å². The van der Waals surface area contributed by atoms with E-state index in [9.17, 15) is 24.9 Å². The van der Waals surface area contributed by atoms with Crippen LogP contribution in [0.25, 0.3) is 0 Å².